The summed E-state index contributed by atoms with van der Waals surface area (Å²) in [6.45, 7) is 1.92. The van der Waals surface area contributed by atoms with Crippen molar-refractivity contribution in [2.45, 2.75) is 6.92 Å². The molecular weight excluding hydrogens is 244 g/mol. The van der Waals surface area contributed by atoms with Crippen molar-refractivity contribution >= 4 is 34.0 Å². The number of halogens is 1. The molecule has 0 aliphatic rings. The standard InChI is InChI=1S/C11H9ClN2OS/c1-7-2-3-8(9(12)6-7)10(15)14-11-13-4-5-16-11/h2-6H,1H3,(H,13,14,15). The van der Waals surface area contributed by atoms with Crippen molar-refractivity contribution in [3.8, 4) is 0 Å². The van der Waals surface area contributed by atoms with Crippen LogP contribution in [0.15, 0.2) is 29.8 Å². The van der Waals surface area contributed by atoms with Gasteiger partial charge < -0.3 is 0 Å². The molecule has 0 aliphatic heterocycles. The fourth-order valence-electron chi connectivity index (χ4n) is 1.25. The Hall–Kier alpha value is -1.39. The molecule has 0 atom stereocenters. The number of nitrogens with zero attached hydrogens (tertiary/aromatic N) is 1. The van der Waals surface area contributed by atoms with Crippen LogP contribution in [-0.4, -0.2) is 10.9 Å². The number of carbonyl (C=O) groups excluding carboxylic acids is 1. The fraction of sp³-hybridized carbons (Fsp3) is 0.0909. The molecule has 1 amide bonds. The van der Waals surface area contributed by atoms with Crippen LogP contribution >= 0.6 is 22.9 Å². The molecule has 0 saturated carbocycles. The Morgan fingerprint density at radius 1 is 1.50 bits per heavy atom. The van der Waals surface area contributed by atoms with Crippen LogP contribution in [0.4, 0.5) is 5.13 Å². The topological polar surface area (TPSA) is 42.0 Å². The van der Waals surface area contributed by atoms with Crippen LogP contribution in [0.25, 0.3) is 0 Å². The minimum atomic E-state index is -0.236. The van der Waals surface area contributed by atoms with E-state index >= 15 is 0 Å². The predicted octanol–water partition coefficient (Wildman–Crippen LogP) is 3.36. The largest absolute Gasteiger partial charge is 0.298 e. The van der Waals surface area contributed by atoms with Crippen molar-refractivity contribution in [2.24, 2.45) is 0 Å². The van der Waals surface area contributed by atoms with Gasteiger partial charge in [0.2, 0.25) is 0 Å². The van der Waals surface area contributed by atoms with E-state index in [9.17, 15) is 4.79 Å². The number of aromatic nitrogens is 1. The van der Waals surface area contributed by atoms with Crippen molar-refractivity contribution in [3.05, 3.63) is 45.9 Å². The predicted molar refractivity (Wildman–Crippen MR) is 66.3 cm³/mol. The van der Waals surface area contributed by atoms with Crippen LogP contribution in [0.3, 0.4) is 0 Å². The maximum absolute atomic E-state index is 11.8. The van der Waals surface area contributed by atoms with Gasteiger partial charge in [0.25, 0.3) is 5.91 Å². The SMILES string of the molecule is Cc1ccc(C(=O)Nc2nccs2)c(Cl)c1. The van der Waals surface area contributed by atoms with E-state index < -0.39 is 0 Å². The fourth-order valence-corrected chi connectivity index (χ4v) is 2.10. The maximum atomic E-state index is 11.8. The second kappa shape index (κ2) is 4.63. The Morgan fingerprint density at radius 3 is 2.94 bits per heavy atom. The Labute approximate surface area is 102 Å². The van der Waals surface area contributed by atoms with Crippen molar-refractivity contribution in [3.63, 3.8) is 0 Å². The molecule has 0 saturated heterocycles. The molecule has 0 radical (unpaired) electrons. The Balaban J connectivity index is 2.21. The van der Waals surface area contributed by atoms with Crippen LogP contribution < -0.4 is 5.32 Å². The minimum Gasteiger partial charge on any atom is -0.298 e. The van der Waals surface area contributed by atoms with Gasteiger partial charge in [0.1, 0.15) is 0 Å². The zero-order valence-corrected chi connectivity index (χ0v) is 10.1. The van der Waals surface area contributed by atoms with Gasteiger partial charge in [-0.2, -0.15) is 0 Å². The molecule has 0 fully saturated rings. The Morgan fingerprint density at radius 2 is 2.31 bits per heavy atom. The average molecular weight is 253 g/mol. The zero-order chi connectivity index (χ0) is 11.5. The number of anilines is 1. The number of rotatable bonds is 2. The van der Waals surface area contributed by atoms with Gasteiger partial charge in [0.15, 0.2) is 5.13 Å². The first-order chi connectivity index (χ1) is 7.66. The molecule has 0 aliphatic carbocycles. The number of amides is 1. The quantitative estimate of drug-likeness (QED) is 0.891. The van der Waals surface area contributed by atoms with E-state index in [-0.39, 0.29) is 5.91 Å². The van der Waals surface area contributed by atoms with Gasteiger partial charge in [-0.3, -0.25) is 10.1 Å². The van der Waals surface area contributed by atoms with E-state index in [0.29, 0.717) is 15.7 Å². The maximum Gasteiger partial charge on any atom is 0.258 e. The summed E-state index contributed by atoms with van der Waals surface area (Å²) in [5.74, 6) is -0.236. The molecule has 16 heavy (non-hydrogen) atoms. The monoisotopic (exact) mass is 252 g/mol. The zero-order valence-electron chi connectivity index (χ0n) is 8.53. The third-order valence-corrected chi connectivity index (χ3v) is 3.02. The molecule has 1 aromatic heterocycles. The Bertz CT molecular complexity index is 511. The lowest BCUT2D eigenvalue weighted by Gasteiger charge is -2.04. The van der Waals surface area contributed by atoms with E-state index in [2.05, 4.69) is 10.3 Å². The van der Waals surface area contributed by atoms with Gasteiger partial charge in [-0.05, 0) is 24.6 Å². The Kier molecular flexibility index (Phi) is 3.22. The number of benzene rings is 1. The highest BCUT2D eigenvalue weighted by Crippen LogP contribution is 2.19. The van der Waals surface area contributed by atoms with Crippen LogP contribution in [0, 0.1) is 6.92 Å². The number of nitrogens with one attached hydrogen (secondary N) is 1. The van der Waals surface area contributed by atoms with Crippen LogP contribution in [-0.2, 0) is 0 Å². The highest BCUT2D eigenvalue weighted by molar-refractivity contribution is 7.13. The number of hydrogen-bond acceptors (Lipinski definition) is 3. The summed E-state index contributed by atoms with van der Waals surface area (Å²) in [5, 5.41) is 5.50. The molecule has 2 rings (SSSR count). The van der Waals surface area contributed by atoms with E-state index in [1.165, 1.54) is 11.3 Å². The third kappa shape index (κ3) is 2.40. The summed E-state index contributed by atoms with van der Waals surface area (Å²) in [7, 11) is 0. The molecule has 1 aromatic carbocycles. The van der Waals surface area contributed by atoms with Gasteiger partial charge in [-0.15, -0.1) is 11.3 Å². The van der Waals surface area contributed by atoms with Gasteiger partial charge in [0, 0.05) is 11.6 Å². The summed E-state index contributed by atoms with van der Waals surface area (Å²) >= 11 is 7.36. The lowest BCUT2D eigenvalue weighted by molar-refractivity contribution is 0.102. The number of thiazole rings is 1. The number of aryl methyl sites for hydroxylation is 1. The molecule has 0 spiro atoms. The first kappa shape index (κ1) is 11.1. The molecule has 0 unspecified atom stereocenters. The van der Waals surface area contributed by atoms with Gasteiger partial charge in [0.05, 0.1) is 10.6 Å². The average Bonchev–Trinajstić information content (AvgIpc) is 2.70. The first-order valence-corrected chi connectivity index (χ1v) is 5.89. The van der Waals surface area contributed by atoms with Gasteiger partial charge in [-0.1, -0.05) is 17.7 Å². The van der Waals surface area contributed by atoms with Crippen molar-refractivity contribution in [2.75, 3.05) is 5.32 Å². The molecule has 82 valence electrons. The lowest BCUT2D eigenvalue weighted by Crippen LogP contribution is -2.12. The van der Waals surface area contributed by atoms with E-state index in [1.54, 1.807) is 23.7 Å². The van der Waals surface area contributed by atoms with Gasteiger partial charge >= 0.3 is 0 Å². The molecule has 0 bridgehead atoms. The van der Waals surface area contributed by atoms with E-state index in [4.69, 9.17) is 11.6 Å². The smallest absolute Gasteiger partial charge is 0.258 e. The summed E-state index contributed by atoms with van der Waals surface area (Å²) in [6, 6.07) is 5.32. The first-order valence-electron chi connectivity index (χ1n) is 4.64. The van der Waals surface area contributed by atoms with Crippen molar-refractivity contribution in [1.29, 1.82) is 0 Å². The van der Waals surface area contributed by atoms with Crippen LogP contribution in [0.2, 0.25) is 5.02 Å². The number of hydrogen-bond donors (Lipinski definition) is 1. The molecule has 3 nitrogen and oxygen atoms in total. The second-order valence-corrected chi connectivity index (χ2v) is 4.58. The highest BCUT2D eigenvalue weighted by atomic mass is 35.5. The molecular formula is C11H9ClN2OS. The normalized spacial score (nSPS) is 10.1. The summed E-state index contributed by atoms with van der Waals surface area (Å²) < 4.78 is 0. The molecule has 5 heteroatoms. The lowest BCUT2D eigenvalue weighted by atomic mass is 10.1. The van der Waals surface area contributed by atoms with E-state index in [0.717, 1.165) is 5.56 Å². The molecule has 1 N–H and O–H groups in total. The second-order valence-electron chi connectivity index (χ2n) is 3.27. The third-order valence-electron chi connectivity index (χ3n) is 2.02. The van der Waals surface area contributed by atoms with Crippen molar-refractivity contribution < 1.29 is 4.79 Å². The van der Waals surface area contributed by atoms with E-state index in [1.807, 2.05) is 13.0 Å². The van der Waals surface area contributed by atoms with Gasteiger partial charge in [-0.25, -0.2) is 4.98 Å². The van der Waals surface area contributed by atoms with Crippen LogP contribution in [0.1, 0.15) is 15.9 Å². The minimum absolute atomic E-state index is 0.236. The highest BCUT2D eigenvalue weighted by Gasteiger charge is 2.11. The van der Waals surface area contributed by atoms with Crippen molar-refractivity contribution in [1.82, 2.24) is 4.98 Å². The summed E-state index contributed by atoms with van der Waals surface area (Å²) in [5.41, 5.74) is 1.48. The molecule has 1 heterocycles. The van der Waals surface area contributed by atoms with Crippen LogP contribution in [0.5, 0.6) is 0 Å². The summed E-state index contributed by atoms with van der Waals surface area (Å²) in [6.07, 6.45) is 1.64. The number of carbonyl (C=O) groups is 1. The summed E-state index contributed by atoms with van der Waals surface area (Å²) in [4.78, 5) is 15.8. The molecule has 2 aromatic rings.